The van der Waals surface area contributed by atoms with Crippen LogP contribution in [0.3, 0.4) is 0 Å². The fraction of sp³-hybridized carbons (Fsp3) is 0.160. The van der Waals surface area contributed by atoms with E-state index in [1.807, 2.05) is 66.7 Å². The molecule has 150 valence electrons. The van der Waals surface area contributed by atoms with Crippen molar-refractivity contribution in [3.05, 3.63) is 90.8 Å². The summed E-state index contributed by atoms with van der Waals surface area (Å²) in [6.45, 7) is 2.50. The highest BCUT2D eigenvalue weighted by Gasteiger charge is 2.18. The largest absolute Gasteiger partial charge is 0.508 e. The number of nitrogens with zero attached hydrogens (tertiary/aromatic N) is 3. The zero-order chi connectivity index (χ0) is 20.8. The van der Waals surface area contributed by atoms with Crippen molar-refractivity contribution in [2.24, 2.45) is 0 Å². The van der Waals surface area contributed by atoms with Gasteiger partial charge in [0.25, 0.3) is 0 Å². The molecule has 30 heavy (non-hydrogen) atoms. The van der Waals surface area contributed by atoms with Crippen molar-refractivity contribution in [2.75, 3.05) is 6.61 Å². The molecule has 0 bridgehead atoms. The molecule has 1 heterocycles. The molecule has 5 heteroatoms. The zero-order valence-electron chi connectivity index (χ0n) is 16.8. The Balaban J connectivity index is 1.69. The summed E-state index contributed by atoms with van der Waals surface area (Å²) in [5.41, 5.74) is 1.89. The average Bonchev–Trinajstić information content (AvgIpc) is 2.80. The van der Waals surface area contributed by atoms with E-state index in [0.717, 1.165) is 17.5 Å². The van der Waals surface area contributed by atoms with Crippen molar-refractivity contribution in [3.63, 3.8) is 0 Å². The lowest BCUT2D eigenvalue weighted by Gasteiger charge is -2.16. The van der Waals surface area contributed by atoms with E-state index in [1.165, 1.54) is 0 Å². The van der Waals surface area contributed by atoms with Crippen molar-refractivity contribution in [1.82, 2.24) is 15.0 Å². The maximum atomic E-state index is 9.66. The van der Waals surface area contributed by atoms with Gasteiger partial charge in [-0.15, -0.1) is 0 Å². The highest BCUT2D eigenvalue weighted by molar-refractivity contribution is 5.60. The summed E-state index contributed by atoms with van der Waals surface area (Å²) in [5, 5.41) is 9.66. The molecule has 0 amide bonds. The molecular formula is C25H23N3O2. The fourth-order valence-electron chi connectivity index (χ4n) is 3.15. The number of phenols is 1. The number of aromatic hydroxyl groups is 1. The summed E-state index contributed by atoms with van der Waals surface area (Å²) in [6, 6.07) is 26.6. The van der Waals surface area contributed by atoms with Crippen LogP contribution in [0.5, 0.6) is 11.5 Å². The molecule has 4 rings (SSSR count). The molecule has 0 aliphatic rings. The Hall–Kier alpha value is -3.73. The Morgan fingerprint density at radius 2 is 1.37 bits per heavy atom. The monoisotopic (exact) mass is 397 g/mol. The number of phenolic OH excluding ortho intramolecular Hbond substituents is 1. The van der Waals surface area contributed by atoms with Crippen LogP contribution >= 0.6 is 0 Å². The van der Waals surface area contributed by atoms with Crippen LogP contribution in [-0.4, -0.2) is 26.7 Å². The lowest BCUT2D eigenvalue weighted by Crippen LogP contribution is -2.15. The Bertz CT molecular complexity index is 1040. The van der Waals surface area contributed by atoms with Crippen LogP contribution in [0.2, 0.25) is 0 Å². The standard InChI is InChI=1S/C25H23N3O2/c1-2-18(17-30-22-15-9-14-21(29)16-22)23-26-24(19-10-5-3-6-11-19)28-25(27-23)20-12-7-4-8-13-20/h3-16,18,29H,2,17H2,1H3. The predicted octanol–water partition coefficient (Wildman–Crippen LogP) is 5.48. The smallest absolute Gasteiger partial charge is 0.163 e. The van der Waals surface area contributed by atoms with Gasteiger partial charge in [0, 0.05) is 17.2 Å². The Kier molecular flexibility index (Phi) is 5.99. The number of hydrogen-bond acceptors (Lipinski definition) is 5. The lowest BCUT2D eigenvalue weighted by molar-refractivity contribution is 0.278. The second-order valence-corrected chi connectivity index (χ2v) is 6.99. The van der Waals surface area contributed by atoms with E-state index in [2.05, 4.69) is 6.92 Å². The molecule has 5 nitrogen and oxygen atoms in total. The number of benzene rings is 3. The number of rotatable bonds is 7. The quantitative estimate of drug-likeness (QED) is 0.447. The Morgan fingerprint density at radius 3 is 1.90 bits per heavy atom. The third kappa shape index (κ3) is 4.63. The van der Waals surface area contributed by atoms with Gasteiger partial charge < -0.3 is 9.84 Å². The van der Waals surface area contributed by atoms with E-state index >= 15 is 0 Å². The minimum absolute atomic E-state index is 0.0136. The molecule has 0 aliphatic carbocycles. The van der Waals surface area contributed by atoms with Crippen molar-refractivity contribution < 1.29 is 9.84 Å². The van der Waals surface area contributed by atoms with Gasteiger partial charge in [0.2, 0.25) is 0 Å². The third-order valence-electron chi connectivity index (χ3n) is 4.84. The van der Waals surface area contributed by atoms with Gasteiger partial charge in [-0.3, -0.25) is 0 Å². The van der Waals surface area contributed by atoms with E-state index in [9.17, 15) is 5.11 Å². The first kappa shape index (κ1) is 19.6. The minimum Gasteiger partial charge on any atom is -0.508 e. The topological polar surface area (TPSA) is 68.1 Å². The van der Waals surface area contributed by atoms with Gasteiger partial charge in [-0.05, 0) is 18.6 Å². The van der Waals surface area contributed by atoms with Gasteiger partial charge in [0.15, 0.2) is 11.6 Å². The summed E-state index contributed by atoms with van der Waals surface area (Å²) in [5.74, 6) is 2.78. The van der Waals surface area contributed by atoms with E-state index in [-0.39, 0.29) is 11.7 Å². The molecule has 0 aliphatic heterocycles. The van der Waals surface area contributed by atoms with E-state index in [4.69, 9.17) is 19.7 Å². The molecule has 0 radical (unpaired) electrons. The molecule has 3 aromatic carbocycles. The Morgan fingerprint density at radius 1 is 0.767 bits per heavy atom. The van der Waals surface area contributed by atoms with Crippen molar-refractivity contribution in [3.8, 4) is 34.3 Å². The SMILES string of the molecule is CCC(COc1cccc(O)c1)c1nc(-c2ccccc2)nc(-c2ccccc2)n1. The average molecular weight is 397 g/mol. The summed E-state index contributed by atoms with van der Waals surface area (Å²) < 4.78 is 5.93. The van der Waals surface area contributed by atoms with Gasteiger partial charge in [0.05, 0.1) is 12.5 Å². The zero-order valence-corrected chi connectivity index (χ0v) is 16.8. The highest BCUT2D eigenvalue weighted by atomic mass is 16.5. The van der Waals surface area contributed by atoms with Gasteiger partial charge in [0.1, 0.15) is 17.3 Å². The summed E-state index contributed by atoms with van der Waals surface area (Å²) in [6.07, 6.45) is 0.811. The first-order valence-corrected chi connectivity index (χ1v) is 10.0. The van der Waals surface area contributed by atoms with E-state index < -0.39 is 0 Å². The van der Waals surface area contributed by atoms with Crippen LogP contribution in [0.4, 0.5) is 0 Å². The summed E-state index contributed by atoms with van der Waals surface area (Å²) >= 11 is 0. The number of hydrogen-bond donors (Lipinski definition) is 1. The molecule has 1 atom stereocenters. The minimum atomic E-state index is -0.0136. The second-order valence-electron chi connectivity index (χ2n) is 6.99. The molecule has 0 fully saturated rings. The maximum absolute atomic E-state index is 9.66. The first-order valence-electron chi connectivity index (χ1n) is 10.0. The van der Waals surface area contributed by atoms with Crippen LogP contribution < -0.4 is 4.74 Å². The van der Waals surface area contributed by atoms with Crippen LogP contribution in [0, 0.1) is 0 Å². The van der Waals surface area contributed by atoms with Gasteiger partial charge in [-0.25, -0.2) is 15.0 Å². The molecule has 0 saturated carbocycles. The highest BCUT2D eigenvalue weighted by Crippen LogP contribution is 2.26. The Labute approximate surface area is 176 Å². The normalized spacial score (nSPS) is 11.8. The molecule has 4 aromatic rings. The first-order chi connectivity index (χ1) is 14.7. The predicted molar refractivity (Wildman–Crippen MR) is 117 cm³/mol. The van der Waals surface area contributed by atoms with Crippen molar-refractivity contribution in [2.45, 2.75) is 19.3 Å². The molecule has 0 saturated heterocycles. The van der Waals surface area contributed by atoms with Gasteiger partial charge in [-0.2, -0.15) is 0 Å². The van der Waals surface area contributed by atoms with Gasteiger partial charge in [-0.1, -0.05) is 73.7 Å². The summed E-state index contributed by atoms with van der Waals surface area (Å²) in [7, 11) is 0. The number of ether oxygens (including phenoxy) is 1. The van der Waals surface area contributed by atoms with E-state index in [0.29, 0.717) is 29.8 Å². The number of aromatic nitrogens is 3. The lowest BCUT2D eigenvalue weighted by atomic mass is 10.1. The summed E-state index contributed by atoms with van der Waals surface area (Å²) in [4.78, 5) is 14.3. The third-order valence-corrected chi connectivity index (χ3v) is 4.84. The molecule has 0 spiro atoms. The maximum Gasteiger partial charge on any atom is 0.163 e. The fourth-order valence-corrected chi connectivity index (χ4v) is 3.15. The molecule has 1 unspecified atom stereocenters. The van der Waals surface area contributed by atoms with Crippen LogP contribution in [-0.2, 0) is 0 Å². The molecule has 1 aromatic heterocycles. The van der Waals surface area contributed by atoms with Crippen LogP contribution in [0.15, 0.2) is 84.9 Å². The molecule has 1 N–H and O–H groups in total. The van der Waals surface area contributed by atoms with Crippen LogP contribution in [0.1, 0.15) is 25.1 Å². The second kappa shape index (κ2) is 9.18. The van der Waals surface area contributed by atoms with Crippen molar-refractivity contribution in [1.29, 1.82) is 0 Å². The molecular weight excluding hydrogens is 374 g/mol. The van der Waals surface area contributed by atoms with Crippen molar-refractivity contribution >= 4 is 0 Å². The van der Waals surface area contributed by atoms with Crippen LogP contribution in [0.25, 0.3) is 22.8 Å². The van der Waals surface area contributed by atoms with E-state index in [1.54, 1.807) is 18.2 Å². The van der Waals surface area contributed by atoms with Gasteiger partial charge >= 0.3 is 0 Å².